The lowest BCUT2D eigenvalue weighted by Crippen LogP contribution is -2.06. The molecule has 0 atom stereocenters. The van der Waals surface area contributed by atoms with Crippen LogP contribution in [-0.4, -0.2) is 13.6 Å². The lowest BCUT2D eigenvalue weighted by molar-refractivity contribution is 0.808. The summed E-state index contributed by atoms with van der Waals surface area (Å²) in [4.78, 5) is 0. The van der Waals surface area contributed by atoms with Gasteiger partial charge in [0.2, 0.25) is 0 Å². The van der Waals surface area contributed by atoms with Crippen LogP contribution in [-0.2, 0) is 0 Å². The second-order valence-electron chi connectivity index (χ2n) is 4.60. The van der Waals surface area contributed by atoms with E-state index < -0.39 is 0 Å². The summed E-state index contributed by atoms with van der Waals surface area (Å²) >= 11 is 0. The fourth-order valence-electron chi connectivity index (χ4n) is 2.63. The maximum atomic E-state index is 3.20. The first kappa shape index (κ1) is 11.2. The van der Waals surface area contributed by atoms with Gasteiger partial charge >= 0.3 is 0 Å². The highest BCUT2D eigenvalue weighted by Gasteiger charge is 2.21. The Balaban J connectivity index is 2.12. The van der Waals surface area contributed by atoms with E-state index in [9.17, 15) is 0 Å². The molecule has 1 heteroatoms. The molecule has 2 aromatic carbocycles. The predicted octanol–water partition coefficient (Wildman–Crippen LogP) is 3.71. The van der Waals surface area contributed by atoms with Gasteiger partial charge in [0.1, 0.15) is 0 Å². The van der Waals surface area contributed by atoms with Crippen LogP contribution in [0.5, 0.6) is 0 Å². The quantitative estimate of drug-likeness (QED) is 0.682. The van der Waals surface area contributed by atoms with Gasteiger partial charge in [0.25, 0.3) is 0 Å². The number of nitrogens with one attached hydrogen (secondary N) is 1. The van der Waals surface area contributed by atoms with Gasteiger partial charge in [-0.3, -0.25) is 0 Å². The van der Waals surface area contributed by atoms with Crippen molar-refractivity contribution in [3.63, 3.8) is 0 Å². The highest BCUT2D eigenvalue weighted by molar-refractivity contribution is 6.00. The van der Waals surface area contributed by atoms with Gasteiger partial charge in [-0.2, -0.15) is 0 Å². The molecule has 18 heavy (non-hydrogen) atoms. The average molecular weight is 235 g/mol. The second kappa shape index (κ2) is 4.79. The molecular weight excluding hydrogens is 218 g/mol. The summed E-state index contributed by atoms with van der Waals surface area (Å²) in [7, 11) is 2.00. The summed E-state index contributed by atoms with van der Waals surface area (Å²) in [6, 6.07) is 17.4. The first-order chi connectivity index (χ1) is 8.92. The normalized spacial score (nSPS) is 12.2. The van der Waals surface area contributed by atoms with Gasteiger partial charge in [0.15, 0.2) is 0 Å². The molecule has 90 valence electrons. The van der Waals surface area contributed by atoms with Gasteiger partial charge in [0.05, 0.1) is 0 Å². The van der Waals surface area contributed by atoms with Crippen LogP contribution in [0.15, 0.2) is 54.6 Å². The van der Waals surface area contributed by atoms with Crippen molar-refractivity contribution >= 4 is 5.57 Å². The van der Waals surface area contributed by atoms with E-state index >= 15 is 0 Å². The molecule has 3 rings (SSSR count). The van der Waals surface area contributed by atoms with E-state index in [0.29, 0.717) is 0 Å². The van der Waals surface area contributed by atoms with E-state index in [4.69, 9.17) is 0 Å². The number of benzene rings is 2. The van der Waals surface area contributed by atoms with Crippen molar-refractivity contribution in [2.75, 3.05) is 13.6 Å². The summed E-state index contributed by atoms with van der Waals surface area (Å²) in [6.07, 6.45) is 3.41. The minimum absolute atomic E-state index is 1.02. The Morgan fingerprint density at radius 1 is 0.833 bits per heavy atom. The summed E-state index contributed by atoms with van der Waals surface area (Å²) in [5.74, 6) is 0. The van der Waals surface area contributed by atoms with Gasteiger partial charge in [-0.15, -0.1) is 0 Å². The van der Waals surface area contributed by atoms with Gasteiger partial charge < -0.3 is 5.32 Å². The number of fused-ring (bicyclic) bond motifs is 3. The van der Waals surface area contributed by atoms with Crippen LogP contribution in [0.25, 0.3) is 16.7 Å². The third-order valence-corrected chi connectivity index (χ3v) is 3.47. The van der Waals surface area contributed by atoms with Crippen molar-refractivity contribution < 1.29 is 0 Å². The summed E-state index contributed by atoms with van der Waals surface area (Å²) in [5.41, 5.74) is 6.86. The molecule has 0 aliphatic heterocycles. The fourth-order valence-corrected chi connectivity index (χ4v) is 2.63. The molecule has 1 aliphatic carbocycles. The van der Waals surface area contributed by atoms with E-state index in [0.717, 1.165) is 13.0 Å². The number of hydrogen-bond acceptors (Lipinski definition) is 1. The molecule has 1 N–H and O–H groups in total. The largest absolute Gasteiger partial charge is 0.319 e. The van der Waals surface area contributed by atoms with Crippen molar-refractivity contribution in [3.05, 3.63) is 65.7 Å². The summed E-state index contributed by atoms with van der Waals surface area (Å²) in [6.45, 7) is 1.02. The van der Waals surface area contributed by atoms with E-state index in [-0.39, 0.29) is 0 Å². The zero-order valence-electron chi connectivity index (χ0n) is 10.6. The van der Waals surface area contributed by atoms with Crippen molar-refractivity contribution in [2.24, 2.45) is 0 Å². The Kier molecular flexibility index (Phi) is 2.99. The van der Waals surface area contributed by atoms with Gasteiger partial charge in [0, 0.05) is 0 Å². The zero-order valence-corrected chi connectivity index (χ0v) is 10.6. The Labute approximate surface area is 108 Å². The average Bonchev–Trinajstić information content (AvgIpc) is 2.74. The van der Waals surface area contributed by atoms with Crippen molar-refractivity contribution in [1.29, 1.82) is 0 Å². The summed E-state index contributed by atoms with van der Waals surface area (Å²) < 4.78 is 0. The van der Waals surface area contributed by atoms with Gasteiger partial charge in [-0.25, -0.2) is 0 Å². The molecule has 0 fully saturated rings. The third-order valence-electron chi connectivity index (χ3n) is 3.47. The smallest absolute Gasteiger partial charge is 0.00169 e. The van der Waals surface area contributed by atoms with Crippen LogP contribution >= 0.6 is 0 Å². The van der Waals surface area contributed by atoms with Crippen molar-refractivity contribution in [3.8, 4) is 11.1 Å². The monoisotopic (exact) mass is 235 g/mol. The molecule has 0 spiro atoms. The van der Waals surface area contributed by atoms with Gasteiger partial charge in [-0.05, 0) is 47.8 Å². The van der Waals surface area contributed by atoms with Crippen LogP contribution in [0.4, 0.5) is 0 Å². The maximum absolute atomic E-state index is 3.20. The zero-order chi connectivity index (χ0) is 12.4. The summed E-state index contributed by atoms with van der Waals surface area (Å²) in [5, 5.41) is 3.20. The van der Waals surface area contributed by atoms with Crippen LogP contribution in [0.1, 0.15) is 17.5 Å². The molecule has 0 heterocycles. The standard InChI is InChI=1S/C17H17N/c1-18-12-6-11-17-15-9-4-2-7-13(15)14-8-3-5-10-16(14)17/h2-5,7-11,18H,6,12H2,1H3. The highest BCUT2D eigenvalue weighted by Crippen LogP contribution is 2.43. The van der Waals surface area contributed by atoms with Crippen molar-refractivity contribution in [2.45, 2.75) is 6.42 Å². The molecule has 0 unspecified atom stereocenters. The molecule has 0 amide bonds. The molecule has 0 radical (unpaired) electrons. The van der Waals surface area contributed by atoms with Crippen molar-refractivity contribution in [1.82, 2.24) is 5.32 Å². The lowest BCUT2D eigenvalue weighted by Gasteiger charge is -2.02. The predicted molar refractivity (Wildman–Crippen MR) is 77.5 cm³/mol. The Hall–Kier alpha value is -1.86. The molecular formula is C17H17N. The second-order valence-corrected chi connectivity index (χ2v) is 4.60. The molecule has 0 saturated carbocycles. The first-order valence-corrected chi connectivity index (χ1v) is 6.46. The molecule has 0 saturated heterocycles. The van der Waals surface area contributed by atoms with E-state index in [1.54, 1.807) is 0 Å². The van der Waals surface area contributed by atoms with E-state index in [1.165, 1.54) is 27.8 Å². The fraction of sp³-hybridized carbons (Fsp3) is 0.176. The first-order valence-electron chi connectivity index (χ1n) is 6.46. The lowest BCUT2D eigenvalue weighted by atomic mass is 10.0. The van der Waals surface area contributed by atoms with Crippen LogP contribution in [0.3, 0.4) is 0 Å². The van der Waals surface area contributed by atoms with Gasteiger partial charge in [-0.1, -0.05) is 54.6 Å². The van der Waals surface area contributed by atoms with Crippen LogP contribution < -0.4 is 5.32 Å². The minimum Gasteiger partial charge on any atom is -0.319 e. The molecule has 0 aromatic heterocycles. The molecule has 1 aliphatic rings. The number of hydrogen-bond donors (Lipinski definition) is 1. The van der Waals surface area contributed by atoms with Crippen LogP contribution in [0, 0.1) is 0 Å². The van der Waals surface area contributed by atoms with E-state index in [2.05, 4.69) is 59.9 Å². The molecule has 0 bridgehead atoms. The molecule has 2 aromatic rings. The third kappa shape index (κ3) is 1.77. The van der Waals surface area contributed by atoms with Crippen LogP contribution in [0.2, 0.25) is 0 Å². The SMILES string of the molecule is CNCCC=C1c2ccccc2-c2ccccc21. The number of rotatable bonds is 3. The topological polar surface area (TPSA) is 12.0 Å². The Morgan fingerprint density at radius 3 is 1.83 bits per heavy atom. The maximum Gasteiger partial charge on any atom is -0.00169 e. The van der Waals surface area contributed by atoms with E-state index in [1.807, 2.05) is 7.05 Å². The highest BCUT2D eigenvalue weighted by atomic mass is 14.8. The molecule has 1 nitrogen and oxygen atoms in total. The minimum atomic E-state index is 1.02. The Morgan fingerprint density at radius 2 is 1.33 bits per heavy atom. The Bertz CT molecular complexity index is 549.